The van der Waals surface area contributed by atoms with Gasteiger partial charge in [-0.05, 0) is 44.5 Å². The van der Waals surface area contributed by atoms with Gasteiger partial charge in [-0.1, -0.05) is 212 Å². The van der Waals surface area contributed by atoms with Gasteiger partial charge in [-0.3, -0.25) is 0 Å². The predicted molar refractivity (Wildman–Crippen MR) is 205 cm³/mol. The summed E-state index contributed by atoms with van der Waals surface area (Å²) in [5.74, 6) is 0.224. The minimum Gasteiger partial charge on any atom is -0.507 e. The van der Waals surface area contributed by atoms with E-state index < -0.39 is 0 Å². The van der Waals surface area contributed by atoms with Gasteiger partial charge < -0.3 is 5.11 Å². The van der Waals surface area contributed by atoms with Crippen LogP contribution in [0.5, 0.6) is 5.75 Å². The average molecular weight is 605 g/mol. The third kappa shape index (κ3) is 8.30. The standard InChI is InChI=1S/C46H36O/c47-46-44(34-29-39-22-12-4-13-23-39)42(32-27-37-18-8-2-9-19-37)41(31-26-36-16-6-1-7-17-36)43(33-28-38-20-10-3-11-21-38)45(46)35-30-40-24-14-5-15-25-40/h1-35,47H. The molecule has 0 saturated carbocycles. The molecule has 0 bridgehead atoms. The Morgan fingerprint density at radius 2 is 0.426 bits per heavy atom. The first-order valence-corrected chi connectivity index (χ1v) is 15.8. The van der Waals surface area contributed by atoms with Gasteiger partial charge in [0, 0.05) is 11.1 Å². The Kier molecular flexibility index (Phi) is 10.3. The molecule has 0 unspecified atom stereocenters. The van der Waals surface area contributed by atoms with Crippen LogP contribution in [-0.4, -0.2) is 5.11 Å². The Balaban J connectivity index is 1.64. The minimum absolute atomic E-state index is 0.224. The SMILES string of the molecule is Oc1c(C=Cc2ccccc2)c(C=Cc2ccccc2)c(C=Cc2ccccc2)c(C=Cc2ccccc2)c1C=Cc1ccccc1. The molecule has 0 aliphatic heterocycles. The predicted octanol–water partition coefficient (Wildman–Crippen LogP) is 12.2. The van der Waals surface area contributed by atoms with Gasteiger partial charge in [-0.25, -0.2) is 0 Å². The molecule has 0 radical (unpaired) electrons. The number of benzene rings is 6. The van der Waals surface area contributed by atoms with Crippen LogP contribution in [0.25, 0.3) is 60.8 Å². The van der Waals surface area contributed by atoms with Crippen LogP contribution in [0.1, 0.15) is 55.6 Å². The van der Waals surface area contributed by atoms with Crippen LogP contribution in [-0.2, 0) is 0 Å². The lowest BCUT2D eigenvalue weighted by molar-refractivity contribution is 0.472. The van der Waals surface area contributed by atoms with Crippen molar-refractivity contribution in [3.05, 3.63) is 207 Å². The van der Waals surface area contributed by atoms with Gasteiger partial charge in [0.1, 0.15) is 5.75 Å². The van der Waals surface area contributed by atoms with Crippen LogP contribution < -0.4 is 0 Å². The van der Waals surface area contributed by atoms with Gasteiger partial charge in [-0.2, -0.15) is 0 Å². The lowest BCUT2D eigenvalue weighted by atomic mass is 9.87. The second-order valence-corrected chi connectivity index (χ2v) is 11.1. The number of hydrogen-bond acceptors (Lipinski definition) is 1. The van der Waals surface area contributed by atoms with Crippen molar-refractivity contribution in [1.82, 2.24) is 0 Å². The number of aromatic hydroxyl groups is 1. The Morgan fingerprint density at radius 1 is 0.234 bits per heavy atom. The first kappa shape index (κ1) is 30.8. The molecule has 1 heteroatoms. The quantitative estimate of drug-likeness (QED) is 0.154. The van der Waals surface area contributed by atoms with Crippen molar-refractivity contribution in [2.45, 2.75) is 0 Å². The van der Waals surface area contributed by atoms with E-state index in [2.05, 4.69) is 109 Å². The monoisotopic (exact) mass is 604 g/mol. The normalized spacial score (nSPS) is 11.9. The zero-order valence-electron chi connectivity index (χ0n) is 26.2. The van der Waals surface area contributed by atoms with Crippen LogP contribution in [0.3, 0.4) is 0 Å². The molecule has 0 aliphatic rings. The van der Waals surface area contributed by atoms with E-state index >= 15 is 0 Å². The molecule has 1 nitrogen and oxygen atoms in total. The molecular weight excluding hydrogens is 569 g/mol. The molecule has 226 valence electrons. The fourth-order valence-corrected chi connectivity index (χ4v) is 5.43. The molecule has 0 heterocycles. The van der Waals surface area contributed by atoms with Gasteiger partial charge in [0.05, 0.1) is 0 Å². The summed E-state index contributed by atoms with van der Waals surface area (Å²) in [6, 6.07) is 51.2. The van der Waals surface area contributed by atoms with E-state index in [0.717, 1.165) is 55.6 Å². The van der Waals surface area contributed by atoms with E-state index in [1.165, 1.54) is 0 Å². The van der Waals surface area contributed by atoms with E-state index in [0.29, 0.717) is 0 Å². The largest absolute Gasteiger partial charge is 0.507 e. The minimum atomic E-state index is 0.224. The van der Waals surface area contributed by atoms with Crippen LogP contribution >= 0.6 is 0 Å². The van der Waals surface area contributed by atoms with Gasteiger partial charge in [0.25, 0.3) is 0 Å². The lowest BCUT2D eigenvalue weighted by Gasteiger charge is -2.18. The zero-order chi connectivity index (χ0) is 32.1. The summed E-state index contributed by atoms with van der Waals surface area (Å²) in [5, 5.41) is 12.2. The van der Waals surface area contributed by atoms with Crippen LogP contribution in [0, 0.1) is 0 Å². The molecule has 0 aliphatic carbocycles. The van der Waals surface area contributed by atoms with Crippen molar-refractivity contribution in [2.24, 2.45) is 0 Å². The van der Waals surface area contributed by atoms with Crippen molar-refractivity contribution in [2.75, 3.05) is 0 Å². The molecule has 0 fully saturated rings. The van der Waals surface area contributed by atoms with E-state index in [9.17, 15) is 5.11 Å². The molecule has 0 saturated heterocycles. The highest BCUT2D eigenvalue weighted by molar-refractivity contribution is 5.96. The summed E-state index contributed by atoms with van der Waals surface area (Å²) in [7, 11) is 0. The third-order valence-electron chi connectivity index (χ3n) is 7.88. The molecule has 0 spiro atoms. The lowest BCUT2D eigenvalue weighted by Crippen LogP contribution is -1.97. The topological polar surface area (TPSA) is 20.2 Å². The van der Waals surface area contributed by atoms with E-state index in [1.807, 2.05) is 103 Å². The van der Waals surface area contributed by atoms with E-state index in [-0.39, 0.29) is 5.75 Å². The second kappa shape index (κ2) is 15.7. The van der Waals surface area contributed by atoms with Gasteiger partial charge >= 0.3 is 0 Å². The van der Waals surface area contributed by atoms with Crippen LogP contribution in [0.2, 0.25) is 0 Å². The molecule has 0 atom stereocenters. The maximum absolute atomic E-state index is 12.2. The van der Waals surface area contributed by atoms with Crippen LogP contribution in [0.4, 0.5) is 0 Å². The summed E-state index contributed by atoms with van der Waals surface area (Å²) in [4.78, 5) is 0. The van der Waals surface area contributed by atoms with E-state index in [1.54, 1.807) is 0 Å². The Morgan fingerprint density at radius 3 is 0.660 bits per heavy atom. The molecule has 6 aromatic carbocycles. The van der Waals surface area contributed by atoms with Gasteiger partial charge in [-0.15, -0.1) is 0 Å². The van der Waals surface area contributed by atoms with Crippen molar-refractivity contribution >= 4 is 60.8 Å². The first-order chi connectivity index (χ1) is 23.2. The fraction of sp³-hybridized carbons (Fsp3) is 0. The zero-order valence-corrected chi connectivity index (χ0v) is 26.2. The fourth-order valence-electron chi connectivity index (χ4n) is 5.43. The molecular formula is C46H36O. The number of phenols is 1. The summed E-state index contributed by atoms with van der Waals surface area (Å²) < 4.78 is 0. The smallest absolute Gasteiger partial charge is 0.131 e. The highest BCUT2D eigenvalue weighted by Crippen LogP contribution is 2.39. The summed E-state index contributed by atoms with van der Waals surface area (Å²) in [6.45, 7) is 0. The number of hydrogen-bond donors (Lipinski definition) is 1. The molecule has 6 rings (SSSR count). The summed E-state index contributed by atoms with van der Waals surface area (Å²) in [6.07, 6.45) is 20.9. The number of phenolic OH excluding ortho intramolecular Hbond substituents is 1. The Labute approximate surface area is 278 Å². The second-order valence-electron chi connectivity index (χ2n) is 11.1. The highest BCUT2D eigenvalue weighted by Gasteiger charge is 2.18. The molecule has 6 aromatic rings. The van der Waals surface area contributed by atoms with Crippen molar-refractivity contribution in [3.63, 3.8) is 0 Å². The molecule has 0 amide bonds. The molecule has 47 heavy (non-hydrogen) atoms. The third-order valence-corrected chi connectivity index (χ3v) is 7.88. The van der Waals surface area contributed by atoms with Crippen molar-refractivity contribution in [3.8, 4) is 5.75 Å². The van der Waals surface area contributed by atoms with Gasteiger partial charge in [0.2, 0.25) is 0 Å². The molecule has 0 aromatic heterocycles. The maximum atomic E-state index is 12.2. The Bertz CT molecular complexity index is 1910. The molecule has 1 N–H and O–H groups in total. The summed E-state index contributed by atoms with van der Waals surface area (Å²) >= 11 is 0. The van der Waals surface area contributed by atoms with Gasteiger partial charge in [0.15, 0.2) is 0 Å². The highest BCUT2D eigenvalue weighted by atomic mass is 16.3. The number of rotatable bonds is 10. The van der Waals surface area contributed by atoms with Crippen molar-refractivity contribution in [1.29, 1.82) is 0 Å². The Hall–Kier alpha value is -6.18. The first-order valence-electron chi connectivity index (χ1n) is 15.8. The maximum Gasteiger partial charge on any atom is 0.131 e. The summed E-state index contributed by atoms with van der Waals surface area (Å²) in [5.41, 5.74) is 9.73. The van der Waals surface area contributed by atoms with Crippen molar-refractivity contribution < 1.29 is 5.11 Å². The van der Waals surface area contributed by atoms with E-state index in [4.69, 9.17) is 0 Å². The van der Waals surface area contributed by atoms with Crippen LogP contribution in [0.15, 0.2) is 152 Å². The average Bonchev–Trinajstić information content (AvgIpc) is 3.14.